The molecule has 17 heavy (non-hydrogen) atoms. The van der Waals surface area contributed by atoms with E-state index in [1.54, 1.807) is 0 Å². The van der Waals surface area contributed by atoms with Gasteiger partial charge >= 0.3 is 6.18 Å². The van der Waals surface area contributed by atoms with Crippen molar-refractivity contribution in [3.8, 4) is 0 Å². The summed E-state index contributed by atoms with van der Waals surface area (Å²) in [5, 5.41) is 19.2. The summed E-state index contributed by atoms with van der Waals surface area (Å²) in [4.78, 5) is 0. The van der Waals surface area contributed by atoms with Gasteiger partial charge in [-0.05, 0) is 11.6 Å². The normalized spacial score (nSPS) is 24.8. The summed E-state index contributed by atoms with van der Waals surface area (Å²) in [5.74, 6) is 0. The van der Waals surface area contributed by atoms with Crippen molar-refractivity contribution in [2.24, 2.45) is 0 Å². The summed E-state index contributed by atoms with van der Waals surface area (Å²) < 4.78 is 37.4. The molecule has 2 rings (SSSR count). The minimum Gasteiger partial charge on any atom is -0.376 e. The zero-order valence-corrected chi connectivity index (χ0v) is 8.70. The quantitative estimate of drug-likeness (QED) is 0.830. The summed E-state index contributed by atoms with van der Waals surface area (Å²) in [7, 11) is 0. The van der Waals surface area contributed by atoms with Gasteiger partial charge in [-0.3, -0.25) is 0 Å². The lowest BCUT2D eigenvalue weighted by molar-refractivity contribution is -0.238. The molecule has 1 aliphatic carbocycles. The first-order chi connectivity index (χ1) is 7.91. The molecule has 2 N–H and O–H groups in total. The monoisotopic (exact) mass is 245 g/mol. The maximum absolute atomic E-state index is 12.5. The Bertz CT molecular complexity index is 450. The third kappa shape index (κ3) is 2.38. The summed E-state index contributed by atoms with van der Waals surface area (Å²) in [6, 6.07) is 0. The Morgan fingerprint density at radius 2 is 2.24 bits per heavy atom. The van der Waals surface area contributed by atoms with Crippen molar-refractivity contribution < 1.29 is 18.3 Å². The molecule has 1 aromatic rings. The Labute approximate surface area is 94.8 Å². The fourth-order valence-corrected chi connectivity index (χ4v) is 1.53. The van der Waals surface area contributed by atoms with Crippen LogP contribution in [0.1, 0.15) is 12.1 Å². The smallest absolute Gasteiger partial charge is 0.376 e. The minimum atomic E-state index is -4.65. The van der Waals surface area contributed by atoms with Crippen molar-refractivity contribution in [1.82, 2.24) is 15.4 Å². The lowest BCUT2D eigenvalue weighted by Gasteiger charge is -2.28. The lowest BCUT2D eigenvalue weighted by Crippen LogP contribution is -2.43. The molecule has 0 fully saturated rings. The molecule has 0 radical (unpaired) electrons. The second-order valence-corrected chi connectivity index (χ2v) is 3.88. The van der Waals surface area contributed by atoms with Crippen LogP contribution in [0.4, 0.5) is 13.2 Å². The molecule has 0 bridgehead atoms. The van der Waals surface area contributed by atoms with Gasteiger partial charge in [0.1, 0.15) is 0 Å². The summed E-state index contributed by atoms with van der Waals surface area (Å²) in [6.07, 6.45) is 0.177. The number of H-pyrrole nitrogens is 1. The van der Waals surface area contributed by atoms with Crippen LogP contribution in [-0.4, -0.2) is 32.3 Å². The maximum Gasteiger partial charge on any atom is 0.421 e. The van der Waals surface area contributed by atoms with E-state index in [0.29, 0.717) is 17.7 Å². The molecule has 0 saturated carbocycles. The van der Waals surface area contributed by atoms with Crippen LogP contribution in [0.2, 0.25) is 0 Å². The molecular formula is C10H10F3N3O. The first-order valence-corrected chi connectivity index (χ1v) is 4.93. The fourth-order valence-electron chi connectivity index (χ4n) is 1.53. The molecule has 0 aromatic carbocycles. The minimum absolute atomic E-state index is 0.390. The van der Waals surface area contributed by atoms with E-state index in [1.165, 1.54) is 18.3 Å². The fraction of sp³-hybridized carbons (Fsp3) is 0.400. The Morgan fingerprint density at radius 1 is 1.47 bits per heavy atom. The molecule has 1 aliphatic rings. The van der Waals surface area contributed by atoms with Gasteiger partial charge in [0.2, 0.25) is 0 Å². The van der Waals surface area contributed by atoms with Gasteiger partial charge in [0, 0.05) is 12.8 Å². The van der Waals surface area contributed by atoms with Crippen LogP contribution in [0.3, 0.4) is 0 Å². The van der Waals surface area contributed by atoms with Gasteiger partial charge in [0.25, 0.3) is 0 Å². The van der Waals surface area contributed by atoms with E-state index in [0.717, 1.165) is 6.08 Å². The topological polar surface area (TPSA) is 61.8 Å². The van der Waals surface area contributed by atoms with Crippen LogP contribution in [0, 0.1) is 0 Å². The highest BCUT2D eigenvalue weighted by Crippen LogP contribution is 2.37. The maximum atomic E-state index is 12.5. The zero-order valence-electron chi connectivity index (χ0n) is 8.70. The van der Waals surface area contributed by atoms with E-state index < -0.39 is 18.2 Å². The first kappa shape index (κ1) is 11.8. The third-order valence-corrected chi connectivity index (χ3v) is 2.59. The molecule has 0 amide bonds. The predicted molar refractivity (Wildman–Crippen MR) is 52.9 cm³/mol. The van der Waals surface area contributed by atoms with Gasteiger partial charge in [-0.25, -0.2) is 0 Å². The molecule has 0 aliphatic heterocycles. The number of hydrogen-bond donors (Lipinski definition) is 2. The van der Waals surface area contributed by atoms with Gasteiger partial charge < -0.3 is 5.11 Å². The summed E-state index contributed by atoms with van der Waals surface area (Å²) in [6.45, 7) is 0. The van der Waals surface area contributed by atoms with E-state index in [4.69, 9.17) is 0 Å². The van der Waals surface area contributed by atoms with Crippen molar-refractivity contribution in [2.75, 3.05) is 0 Å². The molecule has 92 valence electrons. The van der Waals surface area contributed by atoms with Gasteiger partial charge in [0.05, 0.1) is 11.9 Å². The van der Waals surface area contributed by atoms with Gasteiger partial charge in [-0.2, -0.15) is 28.6 Å². The predicted octanol–water partition coefficient (Wildman–Crippen LogP) is 1.53. The van der Waals surface area contributed by atoms with Crippen molar-refractivity contribution in [2.45, 2.75) is 24.6 Å². The number of hydrogen-bond acceptors (Lipinski definition) is 3. The van der Waals surface area contributed by atoms with Crippen molar-refractivity contribution in [3.05, 3.63) is 35.7 Å². The number of aromatic amines is 1. The van der Waals surface area contributed by atoms with E-state index in [1.807, 2.05) is 0 Å². The van der Waals surface area contributed by atoms with E-state index in [9.17, 15) is 18.3 Å². The molecular weight excluding hydrogens is 235 g/mol. The number of halogens is 3. The summed E-state index contributed by atoms with van der Waals surface area (Å²) >= 11 is 0. The first-order valence-electron chi connectivity index (χ1n) is 4.93. The highest BCUT2D eigenvalue weighted by molar-refractivity contribution is 5.31. The number of aliphatic hydroxyl groups is 1. The number of alkyl halides is 3. The highest BCUT2D eigenvalue weighted by Gasteiger charge is 2.51. The lowest BCUT2D eigenvalue weighted by atomic mass is 9.90. The number of rotatable bonds is 2. The van der Waals surface area contributed by atoms with Crippen LogP contribution in [0.25, 0.3) is 0 Å². The molecule has 1 unspecified atom stereocenters. The van der Waals surface area contributed by atoms with Gasteiger partial charge in [-0.1, -0.05) is 12.2 Å². The Balaban J connectivity index is 2.06. The second-order valence-electron chi connectivity index (χ2n) is 3.88. The largest absolute Gasteiger partial charge is 0.421 e. The molecule has 0 spiro atoms. The van der Waals surface area contributed by atoms with Crippen molar-refractivity contribution in [3.63, 3.8) is 0 Å². The SMILES string of the molecule is OC1(C(F)(F)F)C=CC(Cc2cn[nH]n2)=CC1. The Morgan fingerprint density at radius 3 is 2.71 bits per heavy atom. The molecule has 0 saturated heterocycles. The van der Waals surface area contributed by atoms with E-state index in [-0.39, 0.29) is 0 Å². The van der Waals surface area contributed by atoms with E-state index >= 15 is 0 Å². The molecule has 4 nitrogen and oxygen atoms in total. The van der Waals surface area contributed by atoms with Crippen LogP contribution in [0.5, 0.6) is 0 Å². The number of allylic oxidation sites excluding steroid dienone is 2. The Kier molecular flexibility index (Phi) is 2.78. The standard InChI is InChI=1S/C10H10F3N3O/c11-10(12,13)9(17)3-1-7(2-4-9)5-8-6-14-16-15-8/h1-3,6,17H,4-5H2,(H,14,15,16). The van der Waals surface area contributed by atoms with Gasteiger partial charge in [-0.15, -0.1) is 0 Å². The van der Waals surface area contributed by atoms with Crippen LogP contribution in [0.15, 0.2) is 30.0 Å². The molecule has 1 atom stereocenters. The van der Waals surface area contributed by atoms with Crippen LogP contribution >= 0.6 is 0 Å². The van der Waals surface area contributed by atoms with Crippen LogP contribution in [-0.2, 0) is 6.42 Å². The van der Waals surface area contributed by atoms with Crippen molar-refractivity contribution >= 4 is 0 Å². The zero-order chi connectivity index (χ0) is 12.5. The van der Waals surface area contributed by atoms with Crippen molar-refractivity contribution in [1.29, 1.82) is 0 Å². The number of nitrogens with zero attached hydrogens (tertiary/aromatic N) is 2. The van der Waals surface area contributed by atoms with Gasteiger partial charge in [0.15, 0.2) is 5.60 Å². The second kappa shape index (κ2) is 3.99. The third-order valence-electron chi connectivity index (χ3n) is 2.59. The molecule has 1 aromatic heterocycles. The Hall–Kier alpha value is -1.63. The van der Waals surface area contributed by atoms with Crippen LogP contribution < -0.4 is 0 Å². The molecule has 7 heteroatoms. The van der Waals surface area contributed by atoms with E-state index in [2.05, 4.69) is 15.4 Å². The number of aromatic nitrogens is 3. The number of nitrogens with one attached hydrogen (secondary N) is 1. The summed E-state index contributed by atoms with van der Waals surface area (Å²) in [5.41, 5.74) is -1.44. The average Bonchev–Trinajstić information content (AvgIpc) is 2.73. The average molecular weight is 245 g/mol. The molecule has 1 heterocycles. The highest BCUT2D eigenvalue weighted by atomic mass is 19.4.